The zero-order chi connectivity index (χ0) is 27.0. The molecule has 1 N–H and O–H groups in total. The van der Waals surface area contributed by atoms with E-state index < -0.39 is 69.5 Å². The molecule has 0 spiro atoms. The summed E-state index contributed by atoms with van der Waals surface area (Å²) < 4.78 is 106. The Kier molecular flexibility index (Phi) is 7.19. The molecule has 0 saturated carbocycles. The van der Waals surface area contributed by atoms with Crippen molar-refractivity contribution in [3.05, 3.63) is 71.9 Å². The van der Waals surface area contributed by atoms with Crippen LogP contribution in [0.3, 0.4) is 0 Å². The van der Waals surface area contributed by atoms with E-state index in [1.54, 1.807) is 0 Å². The molecule has 0 bridgehead atoms. The molecule has 0 unspecified atom stereocenters. The molecule has 8 nitrogen and oxygen atoms in total. The number of nitrogens with one attached hydrogen (secondary N) is 1. The van der Waals surface area contributed by atoms with Crippen molar-refractivity contribution < 1.29 is 39.6 Å². The summed E-state index contributed by atoms with van der Waals surface area (Å²) in [4.78, 5) is 23.4. The molecule has 1 saturated heterocycles. The molecule has 1 amide bonds. The van der Waals surface area contributed by atoms with Crippen molar-refractivity contribution in [2.75, 3.05) is 6.54 Å². The molecular weight excluding hydrogens is 528 g/mol. The molecule has 37 heavy (non-hydrogen) atoms. The molecule has 3 heterocycles. The van der Waals surface area contributed by atoms with E-state index in [1.807, 2.05) is 0 Å². The van der Waals surface area contributed by atoms with Gasteiger partial charge in [0.15, 0.2) is 11.6 Å². The Balaban J connectivity index is 1.48. The molecule has 15 heteroatoms. The third-order valence-corrected chi connectivity index (χ3v) is 7.39. The largest absolute Gasteiger partial charge is 0.433 e. The predicted molar refractivity (Wildman–Crippen MR) is 116 cm³/mol. The number of rotatable bonds is 6. The first-order valence-electron chi connectivity index (χ1n) is 10.6. The molecule has 0 aliphatic carbocycles. The van der Waals surface area contributed by atoms with Crippen molar-refractivity contribution in [1.29, 1.82) is 0 Å². The molecule has 3 aromatic rings. The minimum absolute atomic E-state index is 0.215. The van der Waals surface area contributed by atoms with Crippen LogP contribution in [0.1, 0.15) is 17.8 Å². The first-order chi connectivity index (χ1) is 17.4. The van der Waals surface area contributed by atoms with E-state index in [2.05, 4.69) is 20.3 Å². The van der Waals surface area contributed by atoms with E-state index in [1.165, 1.54) is 12.1 Å². The van der Waals surface area contributed by atoms with Crippen molar-refractivity contribution >= 4 is 15.9 Å². The number of amides is 1. The van der Waals surface area contributed by atoms with Crippen LogP contribution in [0.5, 0.6) is 0 Å². The minimum Gasteiger partial charge on any atom is -0.349 e. The van der Waals surface area contributed by atoms with Crippen LogP contribution in [0, 0.1) is 11.6 Å². The average molecular weight is 545 g/mol. The van der Waals surface area contributed by atoms with Gasteiger partial charge in [-0.25, -0.2) is 31.6 Å². The molecule has 196 valence electrons. The zero-order valence-electron chi connectivity index (χ0n) is 18.6. The maximum absolute atomic E-state index is 14.2. The lowest BCUT2D eigenvalue weighted by atomic mass is 10.1. The number of carbonyl (C=O) groups is 1. The highest BCUT2D eigenvalue weighted by Crippen LogP contribution is 2.30. The third-order valence-electron chi connectivity index (χ3n) is 5.52. The Hall–Kier alpha value is -3.59. The van der Waals surface area contributed by atoms with E-state index in [0.717, 1.165) is 24.7 Å². The summed E-state index contributed by atoms with van der Waals surface area (Å²) in [6.07, 6.45) is -4.64. The Labute approximate surface area is 206 Å². The molecular formula is C22H17F6N5O3S. The van der Waals surface area contributed by atoms with Gasteiger partial charge in [-0.2, -0.15) is 17.5 Å². The number of nitrogens with zero attached hydrogens (tertiary/aromatic N) is 4. The van der Waals surface area contributed by atoms with Crippen molar-refractivity contribution in [1.82, 2.24) is 24.6 Å². The van der Waals surface area contributed by atoms with Crippen LogP contribution in [0.4, 0.5) is 26.3 Å². The summed E-state index contributed by atoms with van der Waals surface area (Å²) in [7, 11) is -4.53. The van der Waals surface area contributed by atoms with Gasteiger partial charge in [-0.05, 0) is 36.4 Å². The molecule has 4 rings (SSSR count). The highest BCUT2D eigenvalue weighted by atomic mass is 32.2. The number of benzene rings is 1. The Morgan fingerprint density at radius 3 is 2.46 bits per heavy atom. The van der Waals surface area contributed by atoms with Crippen LogP contribution in [0.25, 0.3) is 11.3 Å². The summed E-state index contributed by atoms with van der Waals surface area (Å²) in [5.41, 5.74) is -0.387. The van der Waals surface area contributed by atoms with E-state index in [4.69, 9.17) is 0 Å². The Bertz CT molecular complexity index is 1420. The van der Waals surface area contributed by atoms with Gasteiger partial charge in [0.1, 0.15) is 24.2 Å². The number of pyridine rings is 1. The molecule has 1 aliphatic rings. The van der Waals surface area contributed by atoms with Gasteiger partial charge in [-0.1, -0.05) is 0 Å². The van der Waals surface area contributed by atoms with Crippen LogP contribution in [0.15, 0.2) is 53.8 Å². The third kappa shape index (κ3) is 5.72. The van der Waals surface area contributed by atoms with Crippen molar-refractivity contribution in [2.24, 2.45) is 0 Å². The number of aromatic nitrogens is 3. The predicted octanol–water partition coefficient (Wildman–Crippen LogP) is 3.25. The van der Waals surface area contributed by atoms with Gasteiger partial charge in [0.05, 0.1) is 22.8 Å². The van der Waals surface area contributed by atoms with E-state index in [0.29, 0.717) is 16.4 Å². The van der Waals surface area contributed by atoms with E-state index >= 15 is 0 Å². The highest BCUT2D eigenvalue weighted by molar-refractivity contribution is 7.89. The van der Waals surface area contributed by atoms with Gasteiger partial charge in [-0.15, -0.1) is 0 Å². The highest BCUT2D eigenvalue weighted by Gasteiger charge is 2.44. The molecule has 1 aromatic carbocycles. The summed E-state index contributed by atoms with van der Waals surface area (Å²) in [5, 5.41) is 2.44. The summed E-state index contributed by atoms with van der Waals surface area (Å²) in [5.74, 6) is -3.54. The molecule has 1 fully saturated rings. The van der Waals surface area contributed by atoms with Crippen LogP contribution in [-0.2, 0) is 27.5 Å². The van der Waals surface area contributed by atoms with Gasteiger partial charge in [0.25, 0.3) is 0 Å². The lowest BCUT2D eigenvalue weighted by Crippen LogP contribution is -2.45. The summed E-state index contributed by atoms with van der Waals surface area (Å²) in [6.45, 7) is -0.896. The molecule has 2 aromatic heterocycles. The van der Waals surface area contributed by atoms with Crippen LogP contribution in [0.2, 0.25) is 0 Å². The lowest BCUT2D eigenvalue weighted by molar-refractivity contribution is -0.141. The van der Waals surface area contributed by atoms with E-state index in [9.17, 15) is 39.6 Å². The van der Waals surface area contributed by atoms with E-state index in [-0.39, 0.29) is 23.5 Å². The van der Waals surface area contributed by atoms with Crippen molar-refractivity contribution in [2.45, 2.75) is 36.3 Å². The van der Waals surface area contributed by atoms with Crippen LogP contribution >= 0.6 is 0 Å². The summed E-state index contributed by atoms with van der Waals surface area (Å²) in [6, 6.07) is 3.74. The van der Waals surface area contributed by atoms with Gasteiger partial charge in [0.2, 0.25) is 15.9 Å². The second-order valence-corrected chi connectivity index (χ2v) is 9.93. The number of hydrogen-bond acceptors (Lipinski definition) is 6. The number of hydrogen-bond donors (Lipinski definition) is 1. The Morgan fingerprint density at radius 2 is 1.81 bits per heavy atom. The number of halogens is 6. The monoisotopic (exact) mass is 545 g/mol. The first-order valence-corrected chi connectivity index (χ1v) is 12.0. The van der Waals surface area contributed by atoms with Crippen molar-refractivity contribution in [3.8, 4) is 11.3 Å². The first kappa shape index (κ1) is 26.5. The maximum atomic E-state index is 14.2. The number of alkyl halides is 4. The van der Waals surface area contributed by atoms with Gasteiger partial charge >= 0.3 is 6.18 Å². The smallest absolute Gasteiger partial charge is 0.349 e. The second kappa shape index (κ2) is 10.0. The SMILES string of the molecule is O=C(NCc1cc(-c2ccc(C(F)(F)F)nc2)ncn1)[C@@H]1C[C@@H](F)CN1S(=O)(=O)c1ccc(F)c(F)c1. The lowest BCUT2D eigenvalue weighted by Gasteiger charge is -2.23. The number of sulfonamides is 1. The quantitative estimate of drug-likeness (QED) is 0.477. The second-order valence-electron chi connectivity index (χ2n) is 8.04. The van der Waals surface area contributed by atoms with Gasteiger partial charge in [-0.3, -0.25) is 9.78 Å². The number of carbonyl (C=O) groups excluding carboxylic acids is 1. The Morgan fingerprint density at radius 1 is 1.05 bits per heavy atom. The van der Waals surface area contributed by atoms with Crippen LogP contribution < -0.4 is 5.32 Å². The fraction of sp³-hybridized carbons (Fsp3) is 0.273. The normalized spacial score (nSPS) is 18.6. The summed E-state index contributed by atoms with van der Waals surface area (Å²) >= 11 is 0. The maximum Gasteiger partial charge on any atom is 0.433 e. The van der Waals surface area contributed by atoms with Crippen molar-refractivity contribution in [3.63, 3.8) is 0 Å². The molecule has 2 atom stereocenters. The van der Waals surface area contributed by atoms with Gasteiger partial charge < -0.3 is 5.32 Å². The average Bonchev–Trinajstić information content (AvgIpc) is 3.26. The molecule has 1 aliphatic heterocycles. The standard InChI is InChI=1S/C22H17F6N5O3S/c23-13-5-19(33(10-13)37(35,36)15-2-3-16(24)17(25)7-15)21(34)30-9-14-6-18(32-11-31-14)12-1-4-20(29-8-12)22(26,27)28/h1-4,6-8,11,13,19H,5,9-10H2,(H,30,34)/t13-,19+/m1/s1. The van der Waals surface area contributed by atoms with Gasteiger partial charge in [0, 0.05) is 24.7 Å². The zero-order valence-corrected chi connectivity index (χ0v) is 19.4. The minimum atomic E-state index is -4.61. The fourth-order valence-corrected chi connectivity index (χ4v) is 5.33. The molecule has 0 radical (unpaired) electrons. The fourth-order valence-electron chi connectivity index (χ4n) is 3.69. The topological polar surface area (TPSA) is 105 Å². The van der Waals surface area contributed by atoms with Crippen LogP contribution in [-0.4, -0.2) is 52.3 Å².